The van der Waals surface area contributed by atoms with Gasteiger partial charge in [-0.05, 0) is 68.0 Å². The van der Waals surface area contributed by atoms with Gasteiger partial charge in [0.25, 0.3) is 11.8 Å². The van der Waals surface area contributed by atoms with Crippen molar-refractivity contribution in [3.8, 4) is 5.75 Å². The summed E-state index contributed by atoms with van der Waals surface area (Å²) < 4.78 is 5.16. The van der Waals surface area contributed by atoms with Crippen LogP contribution >= 0.6 is 0 Å². The van der Waals surface area contributed by atoms with E-state index in [9.17, 15) is 14.4 Å². The second kappa shape index (κ2) is 11.7. The zero-order chi connectivity index (χ0) is 24.7. The Kier molecular flexibility index (Phi) is 8.68. The van der Waals surface area contributed by atoms with Crippen molar-refractivity contribution >= 4 is 17.7 Å². The van der Waals surface area contributed by atoms with Crippen LogP contribution in [0.2, 0.25) is 0 Å². The first-order valence-electron chi connectivity index (χ1n) is 11.9. The van der Waals surface area contributed by atoms with Gasteiger partial charge in [-0.3, -0.25) is 14.4 Å². The number of rotatable bonds is 8. The Hall–Kier alpha value is -3.35. The van der Waals surface area contributed by atoms with Crippen LogP contribution in [0.5, 0.6) is 5.75 Å². The molecule has 34 heavy (non-hydrogen) atoms. The number of hydrogen-bond acceptors (Lipinski definition) is 4. The van der Waals surface area contributed by atoms with E-state index in [1.807, 2.05) is 49.9 Å². The summed E-state index contributed by atoms with van der Waals surface area (Å²) >= 11 is 0. The third-order valence-electron chi connectivity index (χ3n) is 6.20. The van der Waals surface area contributed by atoms with Gasteiger partial charge in [0.2, 0.25) is 5.91 Å². The minimum absolute atomic E-state index is 0.00141. The number of nitrogens with one attached hydrogen (secondary N) is 2. The first-order valence-corrected chi connectivity index (χ1v) is 11.9. The molecule has 0 spiro atoms. The first kappa shape index (κ1) is 25.3. The van der Waals surface area contributed by atoms with E-state index in [4.69, 9.17) is 4.74 Å². The van der Waals surface area contributed by atoms with Gasteiger partial charge in [0.05, 0.1) is 7.11 Å². The molecule has 1 unspecified atom stereocenters. The van der Waals surface area contributed by atoms with Crippen molar-refractivity contribution in [2.45, 2.75) is 39.7 Å². The average Bonchev–Trinajstić information content (AvgIpc) is 2.86. The maximum Gasteiger partial charge on any atom is 0.253 e. The molecule has 2 N–H and O–H groups in total. The highest BCUT2D eigenvalue weighted by atomic mass is 16.5. The van der Waals surface area contributed by atoms with Crippen LogP contribution in [-0.2, 0) is 4.79 Å². The Balaban J connectivity index is 1.68. The van der Waals surface area contributed by atoms with Crippen molar-refractivity contribution in [1.29, 1.82) is 0 Å². The minimum atomic E-state index is -0.662. The number of carbonyl (C=O) groups excluding carboxylic acids is 3. The Morgan fingerprint density at radius 2 is 1.56 bits per heavy atom. The molecule has 1 fully saturated rings. The van der Waals surface area contributed by atoms with Crippen LogP contribution in [0.25, 0.3) is 0 Å². The Morgan fingerprint density at radius 3 is 2.12 bits per heavy atom. The monoisotopic (exact) mass is 465 g/mol. The maximum absolute atomic E-state index is 13.1. The van der Waals surface area contributed by atoms with Gasteiger partial charge >= 0.3 is 0 Å². The summed E-state index contributed by atoms with van der Waals surface area (Å²) in [6, 6.07) is 13.7. The van der Waals surface area contributed by atoms with E-state index in [1.54, 1.807) is 31.4 Å². The molecule has 1 aliphatic heterocycles. The Labute approximate surface area is 201 Å². The van der Waals surface area contributed by atoms with E-state index in [-0.39, 0.29) is 23.6 Å². The predicted molar refractivity (Wildman–Crippen MR) is 132 cm³/mol. The number of ether oxygens (including phenoxy) is 1. The molecular formula is C27H35N3O4. The number of hydrogen-bond donors (Lipinski definition) is 2. The van der Waals surface area contributed by atoms with Crippen molar-refractivity contribution < 1.29 is 19.1 Å². The lowest BCUT2D eigenvalue weighted by Crippen LogP contribution is -2.54. The number of aryl methyl sites for hydroxylation is 1. The molecule has 2 aromatic rings. The van der Waals surface area contributed by atoms with Crippen molar-refractivity contribution in [3.05, 3.63) is 65.2 Å². The summed E-state index contributed by atoms with van der Waals surface area (Å²) in [5.74, 6) is 0.423. The molecule has 1 atom stereocenters. The zero-order valence-corrected chi connectivity index (χ0v) is 20.5. The van der Waals surface area contributed by atoms with Gasteiger partial charge in [-0.15, -0.1) is 0 Å². The number of carbonyl (C=O) groups is 3. The number of amides is 3. The van der Waals surface area contributed by atoms with E-state index in [0.717, 1.165) is 5.56 Å². The van der Waals surface area contributed by atoms with Crippen LogP contribution in [0.1, 0.15) is 53.0 Å². The van der Waals surface area contributed by atoms with Crippen LogP contribution in [0.3, 0.4) is 0 Å². The van der Waals surface area contributed by atoms with Gasteiger partial charge < -0.3 is 20.3 Å². The number of nitrogens with zero attached hydrogens (tertiary/aromatic N) is 1. The van der Waals surface area contributed by atoms with Crippen LogP contribution < -0.4 is 15.4 Å². The first-order chi connectivity index (χ1) is 16.3. The quantitative estimate of drug-likeness (QED) is 0.625. The lowest BCUT2D eigenvalue weighted by atomic mass is 9.88. The average molecular weight is 466 g/mol. The number of benzene rings is 2. The van der Waals surface area contributed by atoms with Crippen molar-refractivity contribution in [2.24, 2.45) is 11.8 Å². The van der Waals surface area contributed by atoms with Gasteiger partial charge in [0.1, 0.15) is 11.8 Å². The van der Waals surface area contributed by atoms with Crippen molar-refractivity contribution in [2.75, 3.05) is 26.7 Å². The smallest absolute Gasteiger partial charge is 0.253 e. The molecule has 7 nitrogen and oxygen atoms in total. The number of piperidine rings is 1. The molecule has 7 heteroatoms. The van der Waals surface area contributed by atoms with Crippen LogP contribution in [0.15, 0.2) is 48.5 Å². The van der Waals surface area contributed by atoms with Gasteiger partial charge in [-0.25, -0.2) is 0 Å². The number of methoxy groups -OCH3 is 1. The third-order valence-corrected chi connectivity index (χ3v) is 6.20. The highest BCUT2D eigenvalue weighted by molar-refractivity contribution is 5.98. The normalized spacial score (nSPS) is 15.0. The van der Waals surface area contributed by atoms with E-state index < -0.39 is 6.04 Å². The molecule has 1 aliphatic rings. The zero-order valence-electron chi connectivity index (χ0n) is 20.5. The lowest BCUT2D eigenvalue weighted by molar-refractivity contribution is -0.124. The Morgan fingerprint density at radius 1 is 0.971 bits per heavy atom. The molecule has 0 radical (unpaired) electrons. The summed E-state index contributed by atoms with van der Waals surface area (Å²) in [7, 11) is 1.57. The van der Waals surface area contributed by atoms with Gasteiger partial charge in [0.15, 0.2) is 0 Å². The number of likely N-dealkylation sites (tertiary alicyclic amines) is 1. The molecule has 0 aliphatic carbocycles. The topological polar surface area (TPSA) is 87.7 Å². The molecule has 0 saturated carbocycles. The SMILES string of the molecule is COc1ccc(C(=O)NC(C(=O)NCC(C)C)C2CCN(C(=O)c3ccc(C)cc3)CC2)cc1. The molecule has 0 aromatic heterocycles. The fourth-order valence-electron chi connectivity index (χ4n) is 4.09. The highest BCUT2D eigenvalue weighted by Gasteiger charge is 2.34. The summed E-state index contributed by atoms with van der Waals surface area (Å²) in [4.78, 5) is 40.7. The second-order valence-corrected chi connectivity index (χ2v) is 9.31. The minimum Gasteiger partial charge on any atom is -0.497 e. The van der Waals surface area contributed by atoms with Gasteiger partial charge in [0, 0.05) is 30.8 Å². The fraction of sp³-hybridized carbons (Fsp3) is 0.444. The third kappa shape index (κ3) is 6.59. The summed E-state index contributed by atoms with van der Waals surface area (Å²) in [5.41, 5.74) is 2.25. The molecule has 182 valence electrons. The Bertz CT molecular complexity index is 978. The molecular weight excluding hydrogens is 430 g/mol. The molecule has 2 aromatic carbocycles. The van der Waals surface area contributed by atoms with E-state index in [1.165, 1.54) is 0 Å². The summed E-state index contributed by atoms with van der Waals surface area (Å²) in [6.07, 6.45) is 1.28. The second-order valence-electron chi connectivity index (χ2n) is 9.31. The maximum atomic E-state index is 13.1. The fourth-order valence-corrected chi connectivity index (χ4v) is 4.09. The van der Waals surface area contributed by atoms with E-state index >= 15 is 0 Å². The lowest BCUT2D eigenvalue weighted by Gasteiger charge is -2.36. The van der Waals surface area contributed by atoms with Gasteiger partial charge in [-0.2, -0.15) is 0 Å². The van der Waals surface area contributed by atoms with E-state index in [0.29, 0.717) is 55.3 Å². The molecule has 0 bridgehead atoms. The van der Waals surface area contributed by atoms with Crippen molar-refractivity contribution in [1.82, 2.24) is 15.5 Å². The molecule has 3 amide bonds. The molecule has 1 saturated heterocycles. The van der Waals surface area contributed by atoms with E-state index in [2.05, 4.69) is 10.6 Å². The predicted octanol–water partition coefficient (Wildman–Crippen LogP) is 3.43. The molecule has 3 rings (SSSR count). The van der Waals surface area contributed by atoms with Crippen LogP contribution in [-0.4, -0.2) is 55.4 Å². The van der Waals surface area contributed by atoms with Crippen LogP contribution in [0, 0.1) is 18.8 Å². The summed E-state index contributed by atoms with van der Waals surface area (Å²) in [5, 5.41) is 5.92. The summed E-state index contributed by atoms with van der Waals surface area (Å²) in [6.45, 7) is 7.68. The van der Waals surface area contributed by atoms with Gasteiger partial charge in [-0.1, -0.05) is 31.5 Å². The highest BCUT2D eigenvalue weighted by Crippen LogP contribution is 2.23. The van der Waals surface area contributed by atoms with Crippen LogP contribution in [0.4, 0.5) is 0 Å². The largest absolute Gasteiger partial charge is 0.497 e. The van der Waals surface area contributed by atoms with Crippen molar-refractivity contribution in [3.63, 3.8) is 0 Å². The standard InChI is InChI=1S/C27H35N3O4/c1-18(2)17-28-26(32)24(29-25(31)21-9-11-23(34-4)12-10-21)20-13-15-30(16-14-20)27(33)22-7-5-19(3)6-8-22/h5-12,18,20,24H,13-17H2,1-4H3,(H,28,32)(H,29,31). The molecule has 1 heterocycles.